The number of aliphatic hydroxyl groups is 1. The quantitative estimate of drug-likeness (QED) is 0.485. The smallest absolute Gasteiger partial charge is 0.188 e. The molecule has 1 fully saturated rings. The average molecular weight is 389 g/mol. The number of allylic oxidation sites excluding steroid dienone is 3. The summed E-state index contributed by atoms with van der Waals surface area (Å²) in [6.07, 6.45) is 9.96. The largest absolute Gasteiger partial charge is 0.497 e. The van der Waals surface area contributed by atoms with Gasteiger partial charge >= 0.3 is 0 Å². The van der Waals surface area contributed by atoms with E-state index in [0.29, 0.717) is 6.42 Å². The second-order valence-electron chi connectivity index (χ2n) is 8.44. The minimum Gasteiger partial charge on any atom is -0.497 e. The third-order valence-corrected chi connectivity index (χ3v) is 6.09. The molecule has 0 radical (unpaired) electrons. The highest BCUT2D eigenvalue weighted by Crippen LogP contribution is 2.51. The van der Waals surface area contributed by atoms with E-state index in [1.54, 1.807) is 14.2 Å². The molecule has 1 N–H and O–H groups in total. The summed E-state index contributed by atoms with van der Waals surface area (Å²) in [5.74, 6) is 1.65. The molecule has 1 aromatic carbocycles. The van der Waals surface area contributed by atoms with E-state index in [-0.39, 0.29) is 18.1 Å². The van der Waals surface area contributed by atoms with Crippen LogP contribution < -0.4 is 9.47 Å². The molecule has 0 unspecified atom stereocenters. The van der Waals surface area contributed by atoms with Gasteiger partial charge in [0, 0.05) is 24.5 Å². The van der Waals surface area contributed by atoms with Crippen molar-refractivity contribution in [3.05, 3.63) is 47.6 Å². The van der Waals surface area contributed by atoms with Crippen LogP contribution in [0.3, 0.4) is 0 Å². The van der Waals surface area contributed by atoms with E-state index in [1.807, 2.05) is 18.2 Å². The summed E-state index contributed by atoms with van der Waals surface area (Å²) >= 11 is 0. The van der Waals surface area contributed by atoms with E-state index >= 15 is 0 Å². The monoisotopic (exact) mass is 388 g/mol. The zero-order valence-corrected chi connectivity index (χ0v) is 18.2. The Bertz CT molecular complexity index is 705. The van der Waals surface area contributed by atoms with Gasteiger partial charge in [0.15, 0.2) is 6.79 Å². The molecule has 3 atom stereocenters. The number of benzene rings is 1. The lowest BCUT2D eigenvalue weighted by molar-refractivity contribution is -0.118. The molecule has 28 heavy (non-hydrogen) atoms. The van der Waals surface area contributed by atoms with Crippen molar-refractivity contribution in [3.8, 4) is 11.5 Å². The minimum atomic E-state index is -0.880. The van der Waals surface area contributed by atoms with Crippen molar-refractivity contribution in [1.82, 2.24) is 0 Å². The van der Waals surface area contributed by atoms with E-state index in [4.69, 9.17) is 14.2 Å². The van der Waals surface area contributed by atoms with Gasteiger partial charge in [-0.2, -0.15) is 0 Å². The van der Waals surface area contributed by atoms with Gasteiger partial charge in [-0.3, -0.25) is 0 Å². The minimum absolute atomic E-state index is 0.170. The van der Waals surface area contributed by atoms with Crippen LogP contribution in [0.2, 0.25) is 0 Å². The number of hydrogen-bond donors (Lipinski definition) is 1. The van der Waals surface area contributed by atoms with Crippen LogP contribution in [-0.2, 0) is 11.2 Å². The van der Waals surface area contributed by atoms with Crippen molar-refractivity contribution in [1.29, 1.82) is 0 Å². The second kappa shape index (κ2) is 9.62. The maximum absolute atomic E-state index is 12.0. The van der Waals surface area contributed by atoms with Crippen LogP contribution >= 0.6 is 0 Å². The summed E-state index contributed by atoms with van der Waals surface area (Å²) in [5.41, 5.74) is 0.984. The van der Waals surface area contributed by atoms with Crippen molar-refractivity contribution in [2.24, 2.45) is 11.3 Å². The zero-order valence-electron chi connectivity index (χ0n) is 18.2. The topological polar surface area (TPSA) is 47.9 Å². The lowest BCUT2D eigenvalue weighted by Gasteiger charge is -2.51. The SMILES string of the molecule is COCOc1ccc(OC)cc1C[C@]1(O)[C@H](C)CCC[C@]1(C)/C=C/C=C(C)C. The predicted molar refractivity (Wildman–Crippen MR) is 114 cm³/mol. The number of methoxy groups -OCH3 is 2. The molecule has 1 saturated carbocycles. The Balaban J connectivity index is 2.43. The van der Waals surface area contributed by atoms with Gasteiger partial charge in [-0.15, -0.1) is 0 Å². The van der Waals surface area contributed by atoms with E-state index in [9.17, 15) is 5.11 Å². The van der Waals surface area contributed by atoms with E-state index in [0.717, 1.165) is 36.3 Å². The standard InChI is InChI=1S/C24H36O4/c1-18(2)9-7-13-23(4)14-8-10-19(3)24(23,25)16-20-15-21(27-6)11-12-22(20)28-17-26-5/h7,9,11-13,15,19,25H,8,10,14,16-17H2,1-6H3/b13-7+/t19-,23+,24+/m1/s1. The summed E-state index contributed by atoms with van der Waals surface area (Å²) in [4.78, 5) is 0. The molecular formula is C24H36O4. The lowest BCUT2D eigenvalue weighted by atomic mass is 9.57. The molecule has 4 heteroatoms. The van der Waals surface area contributed by atoms with E-state index < -0.39 is 5.60 Å². The molecule has 0 spiro atoms. The molecule has 2 rings (SSSR count). The molecule has 1 aliphatic carbocycles. The molecule has 0 heterocycles. The third kappa shape index (κ3) is 4.98. The molecule has 0 amide bonds. The van der Waals surface area contributed by atoms with Gasteiger partial charge in [0.1, 0.15) is 11.5 Å². The van der Waals surface area contributed by atoms with Crippen molar-refractivity contribution in [3.63, 3.8) is 0 Å². The summed E-state index contributed by atoms with van der Waals surface area (Å²) in [7, 11) is 3.25. The summed E-state index contributed by atoms with van der Waals surface area (Å²) in [5, 5.41) is 12.0. The van der Waals surface area contributed by atoms with Gasteiger partial charge < -0.3 is 19.3 Å². The Kier molecular flexibility index (Phi) is 7.73. The van der Waals surface area contributed by atoms with Gasteiger partial charge in [0.2, 0.25) is 0 Å². The van der Waals surface area contributed by atoms with Crippen LogP contribution in [-0.4, -0.2) is 31.7 Å². The fourth-order valence-electron chi connectivity index (χ4n) is 4.22. The lowest BCUT2D eigenvalue weighted by Crippen LogP contribution is -2.54. The first-order valence-corrected chi connectivity index (χ1v) is 10.1. The third-order valence-electron chi connectivity index (χ3n) is 6.09. The highest BCUT2D eigenvalue weighted by molar-refractivity contribution is 5.42. The molecular weight excluding hydrogens is 352 g/mol. The van der Waals surface area contributed by atoms with Crippen LogP contribution in [0.15, 0.2) is 42.0 Å². The predicted octanol–water partition coefficient (Wildman–Crippen LogP) is 5.30. The van der Waals surface area contributed by atoms with Crippen LogP contribution in [0.5, 0.6) is 11.5 Å². The fourth-order valence-corrected chi connectivity index (χ4v) is 4.22. The van der Waals surface area contributed by atoms with E-state index in [1.165, 1.54) is 5.57 Å². The van der Waals surface area contributed by atoms with Crippen LogP contribution in [0.1, 0.15) is 52.5 Å². The summed E-state index contributed by atoms with van der Waals surface area (Å²) in [6, 6.07) is 5.72. The van der Waals surface area contributed by atoms with Gasteiger partial charge in [0.05, 0.1) is 12.7 Å². The first-order chi connectivity index (χ1) is 13.3. The second-order valence-corrected chi connectivity index (χ2v) is 8.44. The Hall–Kier alpha value is -1.78. The number of ether oxygens (including phenoxy) is 3. The Labute approximate surface area is 170 Å². The fraction of sp³-hybridized carbons (Fsp3) is 0.583. The van der Waals surface area contributed by atoms with Gasteiger partial charge in [-0.05, 0) is 50.8 Å². The molecule has 156 valence electrons. The van der Waals surface area contributed by atoms with Gasteiger partial charge in [0.25, 0.3) is 0 Å². The molecule has 0 saturated heterocycles. The Morgan fingerprint density at radius 3 is 2.68 bits per heavy atom. The molecule has 1 aromatic rings. The molecule has 1 aliphatic rings. The van der Waals surface area contributed by atoms with Crippen LogP contribution in [0.25, 0.3) is 0 Å². The average Bonchev–Trinajstić information content (AvgIpc) is 2.65. The zero-order chi connectivity index (χ0) is 20.8. The number of hydrogen-bond acceptors (Lipinski definition) is 4. The molecule has 0 bridgehead atoms. The normalized spacial score (nSPS) is 27.6. The molecule has 0 aliphatic heterocycles. The van der Waals surface area contributed by atoms with Crippen LogP contribution in [0, 0.1) is 11.3 Å². The van der Waals surface area contributed by atoms with Crippen molar-refractivity contribution in [2.75, 3.05) is 21.0 Å². The van der Waals surface area contributed by atoms with Gasteiger partial charge in [-0.25, -0.2) is 0 Å². The van der Waals surface area contributed by atoms with Crippen LogP contribution in [0.4, 0.5) is 0 Å². The van der Waals surface area contributed by atoms with Crippen molar-refractivity contribution in [2.45, 2.75) is 59.0 Å². The summed E-state index contributed by atoms with van der Waals surface area (Å²) in [6.45, 7) is 8.66. The van der Waals surface area contributed by atoms with Gasteiger partial charge in [-0.1, -0.05) is 44.1 Å². The number of rotatable bonds is 8. The first-order valence-electron chi connectivity index (χ1n) is 10.1. The first kappa shape index (κ1) is 22.5. The maximum Gasteiger partial charge on any atom is 0.188 e. The highest BCUT2D eigenvalue weighted by Gasteiger charge is 2.51. The molecule has 0 aromatic heterocycles. The Morgan fingerprint density at radius 1 is 1.29 bits per heavy atom. The highest BCUT2D eigenvalue weighted by atomic mass is 16.7. The Morgan fingerprint density at radius 2 is 2.04 bits per heavy atom. The molecule has 4 nitrogen and oxygen atoms in total. The van der Waals surface area contributed by atoms with E-state index in [2.05, 4.69) is 45.9 Å². The van der Waals surface area contributed by atoms with Crippen molar-refractivity contribution < 1.29 is 19.3 Å². The maximum atomic E-state index is 12.0. The van der Waals surface area contributed by atoms with Crippen molar-refractivity contribution >= 4 is 0 Å². The summed E-state index contributed by atoms with van der Waals surface area (Å²) < 4.78 is 16.3.